The molecule has 1 aliphatic heterocycles. The highest BCUT2D eigenvalue weighted by Gasteiger charge is 2.17. The summed E-state index contributed by atoms with van der Waals surface area (Å²) in [5.74, 6) is 1.20. The van der Waals surface area contributed by atoms with Gasteiger partial charge in [-0.05, 0) is 43.0 Å². The van der Waals surface area contributed by atoms with E-state index in [0.29, 0.717) is 17.4 Å². The average molecular weight is 264 g/mol. The first-order valence-corrected chi connectivity index (χ1v) is 6.50. The highest BCUT2D eigenvalue weighted by molar-refractivity contribution is 5.75. The first kappa shape index (κ1) is 13.7. The Balaban J connectivity index is 2.12. The molecule has 0 bridgehead atoms. The standard InChI is InChI=1S/C14H20N2O3/c1-18-13-7-10(11-3-2-6-16-8-11)4-5-12(13)19-9-14(15)17/h4-5,7,11,16H,2-3,6,8-9H2,1H3,(H2,15,17). The van der Waals surface area contributed by atoms with Crippen LogP contribution in [0.3, 0.4) is 0 Å². The number of primary amides is 1. The van der Waals surface area contributed by atoms with E-state index in [1.165, 1.54) is 18.4 Å². The zero-order valence-corrected chi connectivity index (χ0v) is 11.1. The molecule has 1 unspecified atom stereocenters. The van der Waals surface area contributed by atoms with Crippen molar-refractivity contribution in [3.05, 3.63) is 23.8 Å². The van der Waals surface area contributed by atoms with Crippen molar-refractivity contribution in [2.75, 3.05) is 26.8 Å². The summed E-state index contributed by atoms with van der Waals surface area (Å²) in [4.78, 5) is 10.7. The van der Waals surface area contributed by atoms with Gasteiger partial charge in [0.15, 0.2) is 18.1 Å². The topological polar surface area (TPSA) is 73.6 Å². The Kier molecular flexibility index (Phi) is 4.63. The van der Waals surface area contributed by atoms with Gasteiger partial charge >= 0.3 is 0 Å². The van der Waals surface area contributed by atoms with Gasteiger partial charge in [0.25, 0.3) is 5.91 Å². The van der Waals surface area contributed by atoms with Crippen LogP contribution in [0.2, 0.25) is 0 Å². The van der Waals surface area contributed by atoms with Crippen LogP contribution in [-0.4, -0.2) is 32.7 Å². The van der Waals surface area contributed by atoms with Gasteiger partial charge in [0, 0.05) is 6.54 Å². The predicted octanol–water partition coefficient (Wildman–Crippen LogP) is 1.03. The maximum absolute atomic E-state index is 10.7. The summed E-state index contributed by atoms with van der Waals surface area (Å²) in [6, 6.07) is 5.84. The van der Waals surface area contributed by atoms with Crippen molar-refractivity contribution in [2.45, 2.75) is 18.8 Å². The van der Waals surface area contributed by atoms with Gasteiger partial charge in [0.2, 0.25) is 0 Å². The van der Waals surface area contributed by atoms with Crippen LogP contribution in [0.1, 0.15) is 24.3 Å². The van der Waals surface area contributed by atoms with Crippen LogP contribution in [0.4, 0.5) is 0 Å². The second-order valence-corrected chi connectivity index (χ2v) is 4.71. The monoisotopic (exact) mass is 264 g/mol. The van der Waals surface area contributed by atoms with E-state index in [1.54, 1.807) is 7.11 Å². The summed E-state index contributed by atoms with van der Waals surface area (Å²) < 4.78 is 10.6. The van der Waals surface area contributed by atoms with Crippen molar-refractivity contribution in [1.82, 2.24) is 5.32 Å². The lowest BCUT2D eigenvalue weighted by Gasteiger charge is -2.23. The fraction of sp³-hybridized carbons (Fsp3) is 0.500. The smallest absolute Gasteiger partial charge is 0.255 e. The molecule has 5 heteroatoms. The molecule has 19 heavy (non-hydrogen) atoms. The molecule has 0 saturated carbocycles. The number of hydrogen-bond acceptors (Lipinski definition) is 4. The molecule has 0 aromatic heterocycles. The Morgan fingerprint density at radius 2 is 2.32 bits per heavy atom. The SMILES string of the molecule is COc1cc(C2CCCNC2)ccc1OCC(N)=O. The van der Waals surface area contributed by atoms with Crippen molar-refractivity contribution in [2.24, 2.45) is 5.73 Å². The number of carbonyl (C=O) groups excluding carboxylic acids is 1. The van der Waals surface area contributed by atoms with Crippen molar-refractivity contribution in [3.8, 4) is 11.5 Å². The number of benzene rings is 1. The van der Waals surface area contributed by atoms with Crippen LogP contribution in [-0.2, 0) is 4.79 Å². The van der Waals surface area contributed by atoms with Crippen LogP contribution < -0.4 is 20.5 Å². The molecule has 1 aliphatic rings. The van der Waals surface area contributed by atoms with Gasteiger partial charge in [-0.25, -0.2) is 0 Å². The van der Waals surface area contributed by atoms with Crippen LogP contribution in [0.25, 0.3) is 0 Å². The van der Waals surface area contributed by atoms with Gasteiger partial charge in [-0.15, -0.1) is 0 Å². The predicted molar refractivity (Wildman–Crippen MR) is 72.5 cm³/mol. The molecule has 1 saturated heterocycles. The largest absolute Gasteiger partial charge is 0.493 e. The van der Waals surface area contributed by atoms with Gasteiger partial charge in [-0.3, -0.25) is 4.79 Å². The number of hydrogen-bond donors (Lipinski definition) is 2. The van der Waals surface area contributed by atoms with E-state index in [4.69, 9.17) is 15.2 Å². The lowest BCUT2D eigenvalue weighted by atomic mass is 9.91. The quantitative estimate of drug-likeness (QED) is 0.833. The first-order chi connectivity index (χ1) is 9.20. The van der Waals surface area contributed by atoms with E-state index in [9.17, 15) is 4.79 Å². The molecule has 1 heterocycles. The molecule has 1 aromatic rings. The molecule has 1 fully saturated rings. The number of nitrogens with one attached hydrogen (secondary N) is 1. The van der Waals surface area contributed by atoms with Crippen molar-refractivity contribution < 1.29 is 14.3 Å². The van der Waals surface area contributed by atoms with Gasteiger partial charge in [-0.2, -0.15) is 0 Å². The number of carbonyl (C=O) groups is 1. The van der Waals surface area contributed by atoms with Gasteiger partial charge in [-0.1, -0.05) is 6.07 Å². The maximum Gasteiger partial charge on any atom is 0.255 e. The summed E-state index contributed by atoms with van der Waals surface area (Å²) in [6.45, 7) is 1.94. The molecular weight excluding hydrogens is 244 g/mol. The van der Waals surface area contributed by atoms with Crippen LogP contribution in [0.15, 0.2) is 18.2 Å². The minimum absolute atomic E-state index is 0.138. The molecule has 3 N–H and O–H groups in total. The fourth-order valence-corrected chi connectivity index (χ4v) is 2.34. The van der Waals surface area contributed by atoms with Crippen LogP contribution in [0.5, 0.6) is 11.5 Å². The fourth-order valence-electron chi connectivity index (χ4n) is 2.34. The van der Waals surface area contributed by atoms with Gasteiger partial charge in [0.1, 0.15) is 0 Å². The summed E-state index contributed by atoms with van der Waals surface area (Å²) >= 11 is 0. The van der Waals surface area contributed by atoms with E-state index in [2.05, 4.69) is 5.32 Å². The third-order valence-corrected chi connectivity index (χ3v) is 3.33. The number of methoxy groups -OCH3 is 1. The minimum atomic E-state index is -0.498. The van der Waals surface area contributed by atoms with Crippen molar-refractivity contribution in [1.29, 1.82) is 0 Å². The summed E-state index contributed by atoms with van der Waals surface area (Å²) in [5.41, 5.74) is 6.30. The minimum Gasteiger partial charge on any atom is -0.493 e. The first-order valence-electron chi connectivity index (χ1n) is 6.50. The number of rotatable bonds is 5. The molecule has 104 valence electrons. The van der Waals surface area contributed by atoms with E-state index in [0.717, 1.165) is 13.1 Å². The highest BCUT2D eigenvalue weighted by Crippen LogP contribution is 2.32. The Hall–Kier alpha value is -1.75. The Morgan fingerprint density at radius 3 is 2.95 bits per heavy atom. The third kappa shape index (κ3) is 3.61. The number of ether oxygens (including phenoxy) is 2. The zero-order valence-electron chi connectivity index (χ0n) is 11.1. The molecule has 1 aromatic carbocycles. The molecule has 0 aliphatic carbocycles. The Bertz CT molecular complexity index is 442. The maximum atomic E-state index is 10.7. The van der Waals surface area contributed by atoms with Crippen LogP contribution in [0, 0.1) is 0 Å². The molecule has 2 rings (SSSR count). The molecular formula is C14H20N2O3. The molecule has 1 amide bonds. The average Bonchev–Trinajstić information content (AvgIpc) is 2.45. The Morgan fingerprint density at radius 1 is 1.47 bits per heavy atom. The summed E-state index contributed by atoms with van der Waals surface area (Å²) in [7, 11) is 1.59. The number of amides is 1. The van der Waals surface area contributed by atoms with Crippen LogP contribution >= 0.6 is 0 Å². The second-order valence-electron chi connectivity index (χ2n) is 4.71. The van der Waals surface area contributed by atoms with Gasteiger partial charge in [0.05, 0.1) is 7.11 Å². The molecule has 0 spiro atoms. The number of nitrogens with two attached hydrogens (primary N) is 1. The van der Waals surface area contributed by atoms with E-state index >= 15 is 0 Å². The van der Waals surface area contributed by atoms with E-state index in [1.807, 2.05) is 18.2 Å². The normalized spacial score (nSPS) is 18.9. The summed E-state index contributed by atoms with van der Waals surface area (Å²) in [6.07, 6.45) is 2.37. The third-order valence-electron chi connectivity index (χ3n) is 3.33. The molecule has 0 radical (unpaired) electrons. The highest BCUT2D eigenvalue weighted by atomic mass is 16.5. The lowest BCUT2D eigenvalue weighted by Crippen LogP contribution is -2.28. The Labute approximate surface area is 113 Å². The second kappa shape index (κ2) is 6.43. The van der Waals surface area contributed by atoms with Crippen molar-refractivity contribution in [3.63, 3.8) is 0 Å². The van der Waals surface area contributed by atoms with Gasteiger partial charge < -0.3 is 20.5 Å². The van der Waals surface area contributed by atoms with Crippen molar-refractivity contribution >= 4 is 5.91 Å². The molecule has 5 nitrogen and oxygen atoms in total. The summed E-state index contributed by atoms with van der Waals surface area (Å²) in [5, 5.41) is 3.39. The lowest BCUT2D eigenvalue weighted by molar-refractivity contribution is -0.119. The van der Waals surface area contributed by atoms with E-state index in [-0.39, 0.29) is 6.61 Å². The van der Waals surface area contributed by atoms with E-state index < -0.39 is 5.91 Å². The number of piperidine rings is 1. The molecule has 1 atom stereocenters. The zero-order chi connectivity index (χ0) is 13.7.